The van der Waals surface area contributed by atoms with E-state index in [9.17, 15) is 19.2 Å². The van der Waals surface area contributed by atoms with Crippen LogP contribution in [-0.2, 0) is 32.8 Å². The molecule has 1 unspecified atom stereocenters. The zero-order valence-electron chi connectivity index (χ0n) is 22.6. The minimum atomic E-state index is -0.661. The maximum absolute atomic E-state index is 13.0. The van der Waals surface area contributed by atoms with Gasteiger partial charge in [0, 0.05) is 19.9 Å². The van der Waals surface area contributed by atoms with E-state index in [1.165, 1.54) is 10.1 Å². The minimum absolute atomic E-state index is 0.126. The molecule has 1 N–H and O–H groups in total. The summed E-state index contributed by atoms with van der Waals surface area (Å²) in [6, 6.07) is 15.2. The van der Waals surface area contributed by atoms with Crippen LogP contribution in [0.4, 0.5) is 0 Å². The fraction of sp³-hybridized carbons (Fsp3) is 0.484. The third-order valence-electron chi connectivity index (χ3n) is 8.44. The number of nitrogens with one attached hydrogen (secondary N) is 1. The molecule has 0 spiro atoms. The number of aromatic nitrogens is 2. The number of aryl methyl sites for hydroxylation is 1. The molecular weight excluding hydrogens is 494 g/mol. The Hall–Kier alpha value is -3.68. The van der Waals surface area contributed by atoms with Gasteiger partial charge in [-0.05, 0) is 73.6 Å². The Morgan fingerprint density at radius 2 is 1.72 bits per heavy atom. The zero-order valence-corrected chi connectivity index (χ0v) is 22.6. The van der Waals surface area contributed by atoms with Gasteiger partial charge < -0.3 is 4.74 Å². The summed E-state index contributed by atoms with van der Waals surface area (Å²) in [6.45, 7) is 0.339. The molecule has 5 rings (SSSR count). The number of amides is 2. The second kappa shape index (κ2) is 12.0. The van der Waals surface area contributed by atoms with Gasteiger partial charge in [-0.3, -0.25) is 28.8 Å². The molecular formula is C31H37N3O5. The highest BCUT2D eigenvalue weighted by Crippen LogP contribution is 2.38. The normalized spacial score (nSPS) is 21.6. The van der Waals surface area contributed by atoms with Gasteiger partial charge in [-0.25, -0.2) is 4.79 Å². The number of carbonyl (C=O) groups excluding carboxylic acids is 3. The number of unbranched alkanes of at least 4 members (excludes halogenated alkanes) is 1. The van der Waals surface area contributed by atoms with Gasteiger partial charge in [0.05, 0.1) is 11.0 Å². The van der Waals surface area contributed by atoms with E-state index in [1.807, 2.05) is 36.4 Å². The van der Waals surface area contributed by atoms with Crippen molar-refractivity contribution in [1.29, 1.82) is 0 Å². The first kappa shape index (κ1) is 26.9. The van der Waals surface area contributed by atoms with E-state index in [-0.39, 0.29) is 24.0 Å². The van der Waals surface area contributed by atoms with Crippen molar-refractivity contribution in [1.82, 2.24) is 14.5 Å². The maximum Gasteiger partial charge on any atom is 0.329 e. The number of hydrogen-bond donors (Lipinski definition) is 1. The Morgan fingerprint density at radius 1 is 0.949 bits per heavy atom. The molecule has 1 atom stereocenters. The van der Waals surface area contributed by atoms with Crippen LogP contribution in [0.5, 0.6) is 0 Å². The summed E-state index contributed by atoms with van der Waals surface area (Å²) in [5, 5.41) is 2.36. The van der Waals surface area contributed by atoms with E-state index in [2.05, 4.69) is 17.4 Å². The standard InChI is InChI=1S/C31H37N3O5/c1-33-27-19-24(15-16-25(27)34(31(33)38)26-17-18-28(35)32-30(26)37)23-13-11-21(12-14-23)7-5-6-10-29(36)39-20-22-8-3-2-4-9-22/h2-4,8-9,15-16,19,21,23,26H,5-7,10-14,17-18,20H2,1H3,(H,32,35,37)/t21-,23-,26?. The molecule has 2 amide bonds. The van der Waals surface area contributed by atoms with Crippen LogP contribution in [0, 0.1) is 5.92 Å². The number of imide groups is 1. The van der Waals surface area contributed by atoms with Gasteiger partial charge in [0.15, 0.2) is 0 Å². The molecule has 0 radical (unpaired) electrons. The molecule has 2 aliphatic rings. The Bertz CT molecular complexity index is 1400. The average molecular weight is 532 g/mol. The molecule has 2 aromatic carbocycles. The van der Waals surface area contributed by atoms with E-state index in [0.717, 1.165) is 61.5 Å². The van der Waals surface area contributed by atoms with Gasteiger partial charge in [0.1, 0.15) is 12.6 Å². The van der Waals surface area contributed by atoms with Crippen molar-refractivity contribution in [3.05, 3.63) is 70.1 Å². The number of rotatable bonds is 9. The van der Waals surface area contributed by atoms with Gasteiger partial charge in [0.25, 0.3) is 0 Å². The lowest BCUT2D eigenvalue weighted by molar-refractivity contribution is -0.145. The first-order valence-electron chi connectivity index (χ1n) is 14.1. The molecule has 0 bridgehead atoms. The van der Waals surface area contributed by atoms with Crippen molar-refractivity contribution < 1.29 is 19.1 Å². The average Bonchev–Trinajstić information content (AvgIpc) is 3.20. The number of hydrogen-bond acceptors (Lipinski definition) is 5. The molecule has 8 nitrogen and oxygen atoms in total. The second-order valence-corrected chi connectivity index (χ2v) is 11.0. The number of imidazole rings is 1. The first-order valence-corrected chi connectivity index (χ1v) is 14.1. The summed E-state index contributed by atoms with van der Waals surface area (Å²) < 4.78 is 8.53. The largest absolute Gasteiger partial charge is 0.461 e. The topological polar surface area (TPSA) is 99.4 Å². The van der Waals surface area contributed by atoms with Gasteiger partial charge >= 0.3 is 11.7 Å². The maximum atomic E-state index is 13.0. The van der Waals surface area contributed by atoms with Crippen LogP contribution in [0.25, 0.3) is 11.0 Å². The van der Waals surface area contributed by atoms with Crippen LogP contribution in [0.1, 0.15) is 87.3 Å². The van der Waals surface area contributed by atoms with Crippen molar-refractivity contribution in [2.75, 3.05) is 0 Å². The number of benzene rings is 2. The van der Waals surface area contributed by atoms with Crippen LogP contribution in [-0.4, -0.2) is 26.9 Å². The Kier molecular flexibility index (Phi) is 8.29. The van der Waals surface area contributed by atoms with E-state index >= 15 is 0 Å². The molecule has 3 aromatic rings. The number of esters is 1. The quantitative estimate of drug-likeness (QED) is 0.241. The summed E-state index contributed by atoms with van der Waals surface area (Å²) in [5.41, 5.74) is 3.57. The van der Waals surface area contributed by atoms with Gasteiger partial charge in [-0.1, -0.05) is 49.2 Å². The van der Waals surface area contributed by atoms with Crippen molar-refractivity contribution in [3.63, 3.8) is 0 Å². The van der Waals surface area contributed by atoms with E-state index in [0.29, 0.717) is 31.3 Å². The van der Waals surface area contributed by atoms with Crippen LogP contribution in [0.3, 0.4) is 0 Å². The Labute approximate surface area is 228 Å². The summed E-state index contributed by atoms with van der Waals surface area (Å²) in [6.07, 6.45) is 8.63. The number of piperidine rings is 1. The van der Waals surface area contributed by atoms with Crippen LogP contribution in [0.2, 0.25) is 0 Å². The summed E-state index contributed by atoms with van der Waals surface area (Å²) in [7, 11) is 1.74. The van der Waals surface area contributed by atoms with Crippen molar-refractivity contribution in [2.45, 2.75) is 82.8 Å². The molecule has 1 aliphatic carbocycles. The first-order chi connectivity index (χ1) is 18.9. The highest BCUT2D eigenvalue weighted by Gasteiger charge is 2.31. The molecule has 2 fully saturated rings. The van der Waals surface area contributed by atoms with Gasteiger partial charge in [0.2, 0.25) is 11.8 Å². The monoisotopic (exact) mass is 531 g/mol. The van der Waals surface area contributed by atoms with Gasteiger partial charge in [-0.2, -0.15) is 0 Å². The molecule has 1 aliphatic heterocycles. The van der Waals surface area contributed by atoms with E-state index in [1.54, 1.807) is 11.6 Å². The third kappa shape index (κ3) is 6.15. The molecule has 2 heterocycles. The summed E-state index contributed by atoms with van der Waals surface area (Å²) in [5.74, 6) is 0.311. The minimum Gasteiger partial charge on any atom is -0.461 e. The lowest BCUT2D eigenvalue weighted by Gasteiger charge is -2.29. The molecule has 1 saturated carbocycles. The fourth-order valence-electron chi connectivity index (χ4n) is 6.16. The highest BCUT2D eigenvalue weighted by molar-refractivity contribution is 6.00. The molecule has 39 heavy (non-hydrogen) atoms. The van der Waals surface area contributed by atoms with Crippen LogP contribution in [0.15, 0.2) is 53.3 Å². The fourth-order valence-corrected chi connectivity index (χ4v) is 6.16. The SMILES string of the molecule is Cn1c(=O)n(C2CCC(=O)NC2=O)c2ccc([C@H]3CC[C@H](CCCCC(=O)OCc4ccccc4)CC3)cc21. The smallest absolute Gasteiger partial charge is 0.329 e. The number of ether oxygens (including phenoxy) is 1. The number of nitrogens with zero attached hydrogens (tertiary/aromatic N) is 2. The van der Waals surface area contributed by atoms with Crippen molar-refractivity contribution >= 4 is 28.8 Å². The Morgan fingerprint density at radius 3 is 2.46 bits per heavy atom. The number of fused-ring (bicyclic) bond motifs is 1. The van der Waals surface area contributed by atoms with Crippen LogP contribution >= 0.6 is 0 Å². The molecule has 8 heteroatoms. The van der Waals surface area contributed by atoms with Crippen molar-refractivity contribution in [2.24, 2.45) is 13.0 Å². The Balaban J connectivity index is 1.11. The van der Waals surface area contributed by atoms with Crippen LogP contribution < -0.4 is 11.0 Å². The predicted molar refractivity (Wildman–Crippen MR) is 148 cm³/mol. The zero-order chi connectivity index (χ0) is 27.4. The predicted octanol–water partition coefficient (Wildman–Crippen LogP) is 4.90. The summed E-state index contributed by atoms with van der Waals surface area (Å²) in [4.78, 5) is 49.1. The highest BCUT2D eigenvalue weighted by atomic mass is 16.5. The molecule has 206 valence electrons. The number of carbonyl (C=O) groups is 3. The van der Waals surface area contributed by atoms with Crippen molar-refractivity contribution in [3.8, 4) is 0 Å². The lowest BCUT2D eigenvalue weighted by Crippen LogP contribution is -2.44. The van der Waals surface area contributed by atoms with E-state index in [4.69, 9.17) is 4.74 Å². The summed E-state index contributed by atoms with van der Waals surface area (Å²) >= 11 is 0. The second-order valence-electron chi connectivity index (χ2n) is 11.0. The van der Waals surface area contributed by atoms with E-state index < -0.39 is 11.9 Å². The third-order valence-corrected chi connectivity index (χ3v) is 8.44. The molecule has 1 saturated heterocycles. The molecule has 1 aromatic heterocycles. The lowest BCUT2D eigenvalue weighted by atomic mass is 9.77. The van der Waals surface area contributed by atoms with Gasteiger partial charge in [-0.15, -0.1) is 0 Å².